The van der Waals surface area contributed by atoms with Crippen LogP contribution in [0, 0.1) is 7.14 Å². The van der Waals surface area contributed by atoms with E-state index in [1.807, 2.05) is 0 Å². The number of hydrogen-bond donors (Lipinski definition) is 0. The van der Waals surface area contributed by atoms with E-state index in [1.165, 1.54) is 39.8 Å². The lowest BCUT2D eigenvalue weighted by Crippen LogP contribution is -1.88. The molecule has 0 nitrogen and oxygen atoms in total. The third-order valence-corrected chi connectivity index (χ3v) is 6.28. The summed E-state index contributed by atoms with van der Waals surface area (Å²) >= 11 is 12.0. The molecule has 0 aliphatic rings. The highest BCUT2D eigenvalue weighted by Gasteiger charge is 2.11. The standard InChI is InChI=1S/C20H10Br2I2/c21-13-1-3-17-11(5-13)7-15(23)9-19(17)20-10-16(24)8-12-6-14(22)2-4-18(12)20/h1-10H. The van der Waals surface area contributed by atoms with E-state index >= 15 is 0 Å². The van der Waals surface area contributed by atoms with Gasteiger partial charge in [0, 0.05) is 16.1 Å². The lowest BCUT2D eigenvalue weighted by Gasteiger charge is -2.13. The number of hydrogen-bond acceptors (Lipinski definition) is 0. The van der Waals surface area contributed by atoms with Crippen molar-refractivity contribution >= 4 is 98.6 Å². The Morgan fingerprint density at radius 1 is 0.542 bits per heavy atom. The lowest BCUT2D eigenvalue weighted by molar-refractivity contribution is 1.62. The van der Waals surface area contributed by atoms with E-state index in [4.69, 9.17) is 0 Å². The molecule has 0 aliphatic carbocycles. The Kier molecular flexibility index (Phi) is 4.92. The van der Waals surface area contributed by atoms with E-state index in [0.717, 1.165) is 8.95 Å². The first-order chi connectivity index (χ1) is 11.5. The van der Waals surface area contributed by atoms with Gasteiger partial charge in [-0.05, 0) is 126 Å². The molecule has 0 radical (unpaired) electrons. The van der Waals surface area contributed by atoms with Crippen LogP contribution in [0.15, 0.2) is 69.6 Å². The topological polar surface area (TPSA) is 0 Å². The Morgan fingerprint density at radius 2 is 0.958 bits per heavy atom. The van der Waals surface area contributed by atoms with Crippen molar-refractivity contribution in [2.75, 3.05) is 0 Å². The molecule has 4 heteroatoms. The minimum absolute atomic E-state index is 1.11. The van der Waals surface area contributed by atoms with Crippen molar-refractivity contribution in [3.63, 3.8) is 0 Å². The Bertz CT molecular complexity index is 1000. The number of halogens is 4. The summed E-state index contributed by atoms with van der Waals surface area (Å²) in [5.41, 5.74) is 2.57. The lowest BCUT2D eigenvalue weighted by atomic mass is 9.94. The summed E-state index contributed by atoms with van der Waals surface area (Å²) in [7, 11) is 0. The molecule has 4 aromatic rings. The second-order valence-electron chi connectivity index (χ2n) is 5.64. The molecular formula is C20H10Br2I2. The molecular weight excluding hydrogens is 654 g/mol. The summed E-state index contributed by atoms with van der Waals surface area (Å²) in [6, 6.07) is 22.0. The maximum absolute atomic E-state index is 3.59. The number of benzene rings is 4. The maximum atomic E-state index is 3.59. The van der Waals surface area contributed by atoms with E-state index in [9.17, 15) is 0 Å². The molecule has 118 valence electrons. The van der Waals surface area contributed by atoms with Gasteiger partial charge in [-0.15, -0.1) is 0 Å². The van der Waals surface area contributed by atoms with Crippen LogP contribution in [0.1, 0.15) is 0 Å². The monoisotopic (exact) mass is 662 g/mol. The molecule has 0 unspecified atom stereocenters. The molecule has 0 saturated heterocycles. The Morgan fingerprint density at radius 3 is 1.38 bits per heavy atom. The highest BCUT2D eigenvalue weighted by atomic mass is 127. The van der Waals surface area contributed by atoms with Crippen molar-refractivity contribution in [1.29, 1.82) is 0 Å². The van der Waals surface area contributed by atoms with Crippen LogP contribution in [0.5, 0.6) is 0 Å². The van der Waals surface area contributed by atoms with E-state index < -0.39 is 0 Å². The molecule has 0 aliphatic heterocycles. The number of fused-ring (bicyclic) bond motifs is 2. The van der Waals surface area contributed by atoms with Crippen molar-refractivity contribution in [3.05, 3.63) is 76.7 Å². The third kappa shape index (κ3) is 3.27. The predicted octanol–water partition coefficient (Wildman–Crippen LogP) is 8.39. The molecule has 4 aromatic carbocycles. The summed E-state index contributed by atoms with van der Waals surface area (Å²) < 4.78 is 4.72. The van der Waals surface area contributed by atoms with Gasteiger partial charge in [0.15, 0.2) is 0 Å². The SMILES string of the molecule is Brc1ccc2c(-c3cc(I)cc4cc(Br)ccc34)cc(I)cc2c1. The van der Waals surface area contributed by atoms with Crippen LogP contribution in [0.3, 0.4) is 0 Å². The average molecular weight is 664 g/mol. The molecule has 0 heterocycles. The quantitative estimate of drug-likeness (QED) is 0.180. The maximum Gasteiger partial charge on any atom is 0.0181 e. The fourth-order valence-electron chi connectivity index (χ4n) is 3.05. The summed E-state index contributed by atoms with van der Waals surface area (Å²) in [6.45, 7) is 0. The Balaban J connectivity index is 2.13. The van der Waals surface area contributed by atoms with Crippen molar-refractivity contribution in [2.24, 2.45) is 0 Å². The molecule has 4 rings (SSSR count). The molecule has 0 atom stereocenters. The molecule has 0 aromatic heterocycles. The fourth-order valence-corrected chi connectivity index (χ4v) is 5.11. The van der Waals surface area contributed by atoms with E-state index in [1.54, 1.807) is 0 Å². The Labute approximate surface area is 184 Å². The van der Waals surface area contributed by atoms with Crippen LogP contribution in [-0.4, -0.2) is 0 Å². The molecule has 24 heavy (non-hydrogen) atoms. The second kappa shape index (κ2) is 6.85. The van der Waals surface area contributed by atoms with Crippen LogP contribution < -0.4 is 0 Å². The van der Waals surface area contributed by atoms with Crippen molar-refractivity contribution < 1.29 is 0 Å². The van der Waals surface area contributed by atoms with Crippen LogP contribution >= 0.6 is 77.0 Å². The third-order valence-electron chi connectivity index (χ3n) is 4.05. The summed E-state index contributed by atoms with van der Waals surface area (Å²) in [4.78, 5) is 0. The van der Waals surface area contributed by atoms with Crippen molar-refractivity contribution in [3.8, 4) is 11.1 Å². The smallest absolute Gasteiger partial charge is 0.0181 e. The van der Waals surface area contributed by atoms with Crippen LogP contribution in [0.2, 0.25) is 0 Å². The highest BCUT2D eigenvalue weighted by molar-refractivity contribution is 14.1. The largest absolute Gasteiger partial charge is 0.0526 e. The van der Waals surface area contributed by atoms with Gasteiger partial charge in [-0.2, -0.15) is 0 Å². The van der Waals surface area contributed by atoms with Crippen LogP contribution in [0.25, 0.3) is 32.7 Å². The van der Waals surface area contributed by atoms with E-state index in [0.29, 0.717) is 0 Å². The minimum Gasteiger partial charge on any atom is -0.0526 e. The van der Waals surface area contributed by atoms with Gasteiger partial charge in [0.1, 0.15) is 0 Å². The summed E-state index contributed by atoms with van der Waals surface area (Å²) in [5, 5.41) is 5.08. The van der Waals surface area contributed by atoms with Crippen LogP contribution in [0.4, 0.5) is 0 Å². The Hall–Kier alpha value is -0.180. The number of rotatable bonds is 1. The van der Waals surface area contributed by atoms with Crippen molar-refractivity contribution in [2.45, 2.75) is 0 Å². The normalized spacial score (nSPS) is 11.3. The minimum atomic E-state index is 1.11. The van der Waals surface area contributed by atoms with Gasteiger partial charge in [0.25, 0.3) is 0 Å². The first kappa shape index (κ1) is 17.2. The predicted molar refractivity (Wildman–Crippen MR) is 128 cm³/mol. The summed E-state index contributed by atoms with van der Waals surface area (Å²) in [5.74, 6) is 0. The van der Waals surface area contributed by atoms with Gasteiger partial charge in [-0.3, -0.25) is 0 Å². The molecule has 0 fully saturated rings. The van der Waals surface area contributed by atoms with Crippen molar-refractivity contribution in [1.82, 2.24) is 0 Å². The second-order valence-corrected chi connectivity index (χ2v) is 9.96. The zero-order valence-corrected chi connectivity index (χ0v) is 19.8. The van der Waals surface area contributed by atoms with Crippen LogP contribution in [-0.2, 0) is 0 Å². The first-order valence-electron chi connectivity index (χ1n) is 7.29. The van der Waals surface area contributed by atoms with Gasteiger partial charge in [0.05, 0.1) is 0 Å². The summed E-state index contributed by atoms with van der Waals surface area (Å²) in [6.07, 6.45) is 0. The molecule has 0 bridgehead atoms. The highest BCUT2D eigenvalue weighted by Crippen LogP contribution is 2.38. The molecule has 0 N–H and O–H groups in total. The van der Waals surface area contributed by atoms with E-state index in [-0.39, 0.29) is 0 Å². The first-order valence-corrected chi connectivity index (χ1v) is 11.0. The molecule has 0 spiro atoms. The van der Waals surface area contributed by atoms with Gasteiger partial charge in [-0.25, -0.2) is 0 Å². The fraction of sp³-hybridized carbons (Fsp3) is 0. The zero-order chi connectivity index (χ0) is 16.8. The molecule has 0 amide bonds. The van der Waals surface area contributed by atoms with Gasteiger partial charge < -0.3 is 0 Å². The average Bonchev–Trinajstić information content (AvgIpc) is 2.52. The molecule has 0 saturated carbocycles. The van der Waals surface area contributed by atoms with E-state index in [2.05, 4.69) is 138 Å². The zero-order valence-electron chi connectivity index (χ0n) is 12.3. The van der Waals surface area contributed by atoms with Gasteiger partial charge >= 0.3 is 0 Å². The van der Waals surface area contributed by atoms with Gasteiger partial charge in [0.2, 0.25) is 0 Å². The van der Waals surface area contributed by atoms with Gasteiger partial charge in [-0.1, -0.05) is 44.0 Å².